The SMILES string of the molecule is CC=CCC1CC=C(C)C2=C1c1c3c(cccc3cc[n+]1C(C)(CC)CC)C2(C)C. The zero-order valence-corrected chi connectivity index (χ0v) is 20.0. The minimum Gasteiger partial charge on any atom is -0.193 e. The predicted molar refractivity (Wildman–Crippen MR) is 130 cm³/mol. The number of allylic oxidation sites excluding steroid dienone is 6. The Morgan fingerprint density at radius 2 is 1.90 bits per heavy atom. The number of benzene rings is 1. The van der Waals surface area contributed by atoms with Crippen molar-refractivity contribution in [2.24, 2.45) is 5.92 Å². The van der Waals surface area contributed by atoms with Crippen LogP contribution in [0.4, 0.5) is 0 Å². The van der Waals surface area contributed by atoms with Crippen LogP contribution in [0.5, 0.6) is 0 Å². The number of pyridine rings is 1. The van der Waals surface area contributed by atoms with E-state index in [1.165, 1.54) is 27.6 Å². The highest BCUT2D eigenvalue weighted by Crippen LogP contribution is 2.53. The third-order valence-corrected chi connectivity index (χ3v) is 8.07. The smallest absolute Gasteiger partial charge is 0.193 e. The summed E-state index contributed by atoms with van der Waals surface area (Å²) in [5, 5.41) is 2.86. The van der Waals surface area contributed by atoms with Crippen molar-refractivity contribution in [2.75, 3.05) is 0 Å². The summed E-state index contributed by atoms with van der Waals surface area (Å²) in [7, 11) is 0. The van der Waals surface area contributed by atoms with Crippen LogP contribution in [0, 0.1) is 5.92 Å². The first kappa shape index (κ1) is 21.1. The van der Waals surface area contributed by atoms with E-state index in [-0.39, 0.29) is 11.0 Å². The second kappa shape index (κ2) is 7.52. The van der Waals surface area contributed by atoms with E-state index < -0.39 is 0 Å². The first-order valence-electron chi connectivity index (χ1n) is 11.8. The highest BCUT2D eigenvalue weighted by atomic mass is 15.1. The molecule has 1 unspecified atom stereocenters. The molecule has 1 aromatic heterocycles. The van der Waals surface area contributed by atoms with E-state index in [0.717, 1.165) is 25.7 Å². The number of nitrogens with zero attached hydrogens (tertiary/aromatic N) is 1. The molecule has 0 saturated heterocycles. The maximum absolute atomic E-state index is 2.64. The average Bonchev–Trinajstić information content (AvgIpc) is 2.75. The molecule has 0 aliphatic heterocycles. The van der Waals surface area contributed by atoms with Crippen LogP contribution in [0.3, 0.4) is 0 Å². The van der Waals surface area contributed by atoms with Gasteiger partial charge in [0.1, 0.15) is 0 Å². The lowest BCUT2D eigenvalue weighted by atomic mass is 9.62. The lowest BCUT2D eigenvalue weighted by Gasteiger charge is -2.41. The summed E-state index contributed by atoms with van der Waals surface area (Å²) in [6, 6.07) is 9.27. The molecule has 1 aromatic carbocycles. The number of hydrogen-bond acceptors (Lipinski definition) is 0. The van der Waals surface area contributed by atoms with Gasteiger partial charge in [-0.1, -0.05) is 69.7 Å². The fourth-order valence-electron chi connectivity index (χ4n) is 5.89. The molecule has 1 heterocycles. The first-order chi connectivity index (χ1) is 14.3. The first-order valence-corrected chi connectivity index (χ1v) is 11.8. The highest BCUT2D eigenvalue weighted by molar-refractivity contribution is 5.99. The molecule has 0 amide bonds. The molecule has 4 rings (SSSR count). The van der Waals surface area contributed by atoms with Crippen molar-refractivity contribution in [3.8, 4) is 0 Å². The van der Waals surface area contributed by atoms with Gasteiger partial charge in [0.05, 0.1) is 5.39 Å². The van der Waals surface area contributed by atoms with Crippen LogP contribution in [-0.2, 0) is 11.0 Å². The van der Waals surface area contributed by atoms with E-state index in [0.29, 0.717) is 5.92 Å². The maximum atomic E-state index is 2.64. The Labute approximate surface area is 183 Å². The van der Waals surface area contributed by atoms with Gasteiger partial charge in [0, 0.05) is 36.8 Å². The normalized spacial score (nSPS) is 20.6. The quantitative estimate of drug-likeness (QED) is 0.358. The lowest BCUT2D eigenvalue weighted by molar-refractivity contribution is -0.763. The van der Waals surface area contributed by atoms with Crippen molar-refractivity contribution >= 4 is 16.3 Å². The van der Waals surface area contributed by atoms with Crippen LogP contribution in [-0.4, -0.2) is 0 Å². The second-order valence-electron chi connectivity index (χ2n) is 10.0. The van der Waals surface area contributed by atoms with Gasteiger partial charge in [-0.2, -0.15) is 4.57 Å². The van der Waals surface area contributed by atoms with E-state index in [9.17, 15) is 0 Å². The summed E-state index contributed by atoms with van der Waals surface area (Å²) in [5.41, 5.74) is 7.76. The van der Waals surface area contributed by atoms with Crippen molar-refractivity contribution in [1.29, 1.82) is 0 Å². The molecule has 1 nitrogen and oxygen atoms in total. The summed E-state index contributed by atoms with van der Waals surface area (Å²) in [5.74, 6) is 0.544. The molecule has 2 aromatic rings. The number of aromatic nitrogens is 1. The van der Waals surface area contributed by atoms with Gasteiger partial charge in [0.25, 0.3) is 0 Å². The van der Waals surface area contributed by atoms with Crippen LogP contribution in [0.2, 0.25) is 0 Å². The lowest BCUT2D eigenvalue weighted by Crippen LogP contribution is -2.57. The second-order valence-corrected chi connectivity index (χ2v) is 10.0. The monoisotopic (exact) mass is 400 g/mol. The summed E-state index contributed by atoms with van der Waals surface area (Å²) in [4.78, 5) is 0. The standard InChI is InChI=1S/C29H38N/c1-8-11-13-21-17-16-20(4)26-25(21)27-24-22(14-12-15-23(24)28(26,5)6)18-19-30(27)29(7,9-2)10-3/h8,11-12,14-16,18-19,21H,9-10,13,17H2,1-7H3/q+1. The van der Waals surface area contributed by atoms with Crippen LogP contribution < -0.4 is 4.57 Å². The fourth-order valence-corrected chi connectivity index (χ4v) is 5.89. The Balaban J connectivity index is 2.17. The predicted octanol–water partition coefficient (Wildman–Crippen LogP) is 7.64. The average molecular weight is 401 g/mol. The van der Waals surface area contributed by atoms with Crippen LogP contribution >= 0.6 is 0 Å². The molecule has 0 spiro atoms. The fraction of sp³-hybridized carbons (Fsp3) is 0.483. The molecule has 0 bridgehead atoms. The molecule has 0 fully saturated rings. The Hall–Kier alpha value is -2.15. The van der Waals surface area contributed by atoms with Crippen molar-refractivity contribution in [1.82, 2.24) is 0 Å². The molecule has 0 N–H and O–H groups in total. The summed E-state index contributed by atoms with van der Waals surface area (Å²) in [6.07, 6.45) is 14.0. The van der Waals surface area contributed by atoms with Gasteiger partial charge in [0.2, 0.25) is 5.69 Å². The Bertz CT molecular complexity index is 1070. The minimum atomic E-state index is 0.0189. The van der Waals surface area contributed by atoms with E-state index in [1.807, 2.05) is 0 Å². The van der Waals surface area contributed by atoms with E-state index in [1.54, 1.807) is 11.1 Å². The van der Waals surface area contributed by atoms with Crippen LogP contribution in [0.1, 0.15) is 85.4 Å². The van der Waals surface area contributed by atoms with Gasteiger partial charge in [-0.15, -0.1) is 0 Å². The largest absolute Gasteiger partial charge is 0.217 e. The minimum absolute atomic E-state index is 0.0189. The zero-order valence-electron chi connectivity index (χ0n) is 20.0. The van der Waals surface area contributed by atoms with Gasteiger partial charge in [-0.25, -0.2) is 0 Å². The summed E-state index contributed by atoms with van der Waals surface area (Å²) in [6.45, 7) is 16.5. The molecule has 1 heteroatoms. The van der Waals surface area contributed by atoms with Crippen molar-refractivity contribution in [3.05, 3.63) is 71.1 Å². The molecule has 0 saturated carbocycles. The molecule has 2 aliphatic carbocycles. The van der Waals surface area contributed by atoms with Crippen molar-refractivity contribution in [2.45, 2.75) is 85.1 Å². The number of fused-ring (bicyclic) bond motifs is 1. The van der Waals surface area contributed by atoms with Gasteiger partial charge in [-0.05, 0) is 49.1 Å². The summed E-state index contributed by atoms with van der Waals surface area (Å²) < 4.78 is 2.64. The molecule has 0 radical (unpaired) electrons. The van der Waals surface area contributed by atoms with E-state index in [2.05, 4.69) is 102 Å². The molecular weight excluding hydrogens is 362 g/mol. The number of rotatable bonds is 5. The van der Waals surface area contributed by atoms with Crippen molar-refractivity contribution in [3.63, 3.8) is 0 Å². The third-order valence-electron chi connectivity index (χ3n) is 8.07. The Kier molecular flexibility index (Phi) is 5.29. The molecule has 2 aliphatic rings. The zero-order chi connectivity index (χ0) is 21.7. The maximum Gasteiger partial charge on any atom is 0.217 e. The topological polar surface area (TPSA) is 3.88 Å². The van der Waals surface area contributed by atoms with Gasteiger partial charge in [0.15, 0.2) is 11.7 Å². The van der Waals surface area contributed by atoms with Crippen molar-refractivity contribution < 1.29 is 4.57 Å². The molecular formula is C29H38N+. The molecule has 1 atom stereocenters. The highest BCUT2D eigenvalue weighted by Gasteiger charge is 2.46. The van der Waals surface area contributed by atoms with Crippen LogP contribution in [0.15, 0.2) is 59.8 Å². The van der Waals surface area contributed by atoms with Gasteiger partial charge in [-0.3, -0.25) is 0 Å². The Morgan fingerprint density at radius 3 is 2.57 bits per heavy atom. The third kappa shape index (κ3) is 2.93. The molecule has 30 heavy (non-hydrogen) atoms. The Morgan fingerprint density at radius 1 is 1.17 bits per heavy atom. The molecule has 158 valence electrons. The summed E-state index contributed by atoms with van der Waals surface area (Å²) >= 11 is 0. The number of hydrogen-bond donors (Lipinski definition) is 0. The van der Waals surface area contributed by atoms with Crippen LogP contribution in [0.25, 0.3) is 16.3 Å². The van der Waals surface area contributed by atoms with E-state index in [4.69, 9.17) is 0 Å². The van der Waals surface area contributed by atoms with Gasteiger partial charge >= 0.3 is 0 Å². The van der Waals surface area contributed by atoms with Gasteiger partial charge < -0.3 is 0 Å². The van der Waals surface area contributed by atoms with E-state index >= 15 is 0 Å².